The van der Waals surface area contributed by atoms with Crippen molar-refractivity contribution < 1.29 is 0 Å². The Morgan fingerprint density at radius 1 is 1.31 bits per heavy atom. The van der Waals surface area contributed by atoms with Crippen LogP contribution in [0.1, 0.15) is 5.56 Å². The van der Waals surface area contributed by atoms with Crippen LogP contribution in [0.25, 0.3) is 0 Å². The van der Waals surface area contributed by atoms with Crippen molar-refractivity contribution >= 4 is 11.6 Å². The molecule has 0 atom stereocenters. The molecule has 82 valence electrons. The van der Waals surface area contributed by atoms with Gasteiger partial charge < -0.3 is 11.2 Å². The average molecular weight is 216 g/mol. The number of nitrogens with one attached hydrogen (secondary N) is 1. The van der Waals surface area contributed by atoms with Gasteiger partial charge in [0.05, 0.1) is 0 Å². The summed E-state index contributed by atoms with van der Waals surface area (Å²) >= 11 is 0. The maximum atomic E-state index is 11.5. The molecule has 2 rings (SSSR count). The van der Waals surface area contributed by atoms with E-state index in [1.165, 1.54) is 6.20 Å². The number of rotatable bonds is 2. The van der Waals surface area contributed by atoms with E-state index < -0.39 is 0 Å². The lowest BCUT2D eigenvalue weighted by Gasteiger charge is -2.09. The highest BCUT2D eigenvalue weighted by Crippen LogP contribution is 2.10. The molecule has 0 bridgehead atoms. The fourth-order valence-electron chi connectivity index (χ4n) is 1.30. The first-order valence-corrected chi connectivity index (χ1v) is 4.84. The number of nitrogen functional groups attached to an aromatic ring is 1. The summed E-state index contributed by atoms with van der Waals surface area (Å²) in [6, 6.07) is 9.41. The van der Waals surface area contributed by atoms with E-state index in [1.54, 1.807) is 6.92 Å². The van der Waals surface area contributed by atoms with Gasteiger partial charge in [0.2, 0.25) is 5.95 Å². The lowest BCUT2D eigenvalue weighted by molar-refractivity contribution is 0.886. The molecule has 0 fully saturated rings. The van der Waals surface area contributed by atoms with Crippen LogP contribution in [0.4, 0.5) is 11.6 Å². The minimum atomic E-state index is -0.256. The van der Waals surface area contributed by atoms with Crippen LogP contribution in [-0.4, -0.2) is 9.66 Å². The molecule has 3 N–H and O–H groups in total. The lowest BCUT2D eigenvalue weighted by Crippen LogP contribution is -2.31. The molecular formula is C11H12N4O. The summed E-state index contributed by atoms with van der Waals surface area (Å²) < 4.78 is 1.00. The zero-order valence-corrected chi connectivity index (χ0v) is 8.84. The van der Waals surface area contributed by atoms with Gasteiger partial charge in [-0.15, -0.1) is 0 Å². The summed E-state index contributed by atoms with van der Waals surface area (Å²) in [7, 11) is 0. The lowest BCUT2D eigenvalue weighted by atomic mass is 10.3. The minimum Gasteiger partial charge on any atom is -0.333 e. The third-order valence-corrected chi connectivity index (χ3v) is 2.19. The predicted octanol–water partition coefficient (Wildman–Crippen LogP) is 1.01. The van der Waals surface area contributed by atoms with Crippen molar-refractivity contribution in [1.82, 2.24) is 9.66 Å². The monoisotopic (exact) mass is 216 g/mol. The smallest absolute Gasteiger partial charge is 0.276 e. The van der Waals surface area contributed by atoms with Gasteiger partial charge in [0.15, 0.2) is 0 Å². The number of nitrogens with two attached hydrogens (primary N) is 1. The fourth-order valence-corrected chi connectivity index (χ4v) is 1.30. The molecular weight excluding hydrogens is 204 g/mol. The zero-order chi connectivity index (χ0) is 11.5. The summed E-state index contributed by atoms with van der Waals surface area (Å²) in [4.78, 5) is 15.6. The van der Waals surface area contributed by atoms with Crippen molar-refractivity contribution in [3.05, 3.63) is 52.4 Å². The Morgan fingerprint density at radius 3 is 2.69 bits per heavy atom. The normalized spacial score (nSPS) is 10.1. The van der Waals surface area contributed by atoms with Crippen LogP contribution in [0.15, 0.2) is 41.3 Å². The molecule has 2 aromatic rings. The van der Waals surface area contributed by atoms with Gasteiger partial charge in [-0.1, -0.05) is 18.2 Å². The molecule has 0 aliphatic heterocycles. The number of hydrogen-bond acceptors (Lipinski definition) is 4. The van der Waals surface area contributed by atoms with Gasteiger partial charge in [-0.25, -0.2) is 4.98 Å². The number of aryl methyl sites for hydroxylation is 1. The van der Waals surface area contributed by atoms with E-state index in [9.17, 15) is 4.79 Å². The zero-order valence-electron chi connectivity index (χ0n) is 8.84. The van der Waals surface area contributed by atoms with Gasteiger partial charge in [-0.3, -0.25) is 4.79 Å². The number of benzene rings is 1. The molecule has 0 saturated heterocycles. The van der Waals surface area contributed by atoms with E-state index in [2.05, 4.69) is 10.3 Å². The molecule has 0 unspecified atom stereocenters. The molecule has 0 radical (unpaired) electrons. The molecule has 1 aromatic heterocycles. The van der Waals surface area contributed by atoms with E-state index in [-0.39, 0.29) is 5.56 Å². The highest BCUT2D eigenvalue weighted by atomic mass is 16.1. The molecule has 5 nitrogen and oxygen atoms in total. The minimum absolute atomic E-state index is 0.256. The molecule has 1 aromatic carbocycles. The summed E-state index contributed by atoms with van der Waals surface area (Å²) in [6.07, 6.45) is 1.50. The number of anilines is 2. The van der Waals surface area contributed by atoms with Crippen LogP contribution < -0.4 is 16.7 Å². The quantitative estimate of drug-likeness (QED) is 0.735. The molecule has 0 aliphatic carbocycles. The number of nitrogens with zero attached hydrogens (tertiary/aromatic N) is 2. The van der Waals surface area contributed by atoms with Gasteiger partial charge in [0, 0.05) is 17.4 Å². The van der Waals surface area contributed by atoms with Crippen molar-refractivity contribution in [3.8, 4) is 0 Å². The second-order valence-electron chi connectivity index (χ2n) is 3.43. The second-order valence-corrected chi connectivity index (χ2v) is 3.43. The van der Waals surface area contributed by atoms with Crippen molar-refractivity contribution in [3.63, 3.8) is 0 Å². The van der Waals surface area contributed by atoms with E-state index in [4.69, 9.17) is 5.84 Å². The maximum Gasteiger partial charge on any atom is 0.276 e. The molecule has 5 heteroatoms. The van der Waals surface area contributed by atoms with Crippen LogP contribution in [-0.2, 0) is 0 Å². The fraction of sp³-hybridized carbons (Fsp3) is 0.0909. The van der Waals surface area contributed by atoms with E-state index in [0.29, 0.717) is 11.5 Å². The van der Waals surface area contributed by atoms with Crippen LogP contribution >= 0.6 is 0 Å². The van der Waals surface area contributed by atoms with Crippen LogP contribution in [0.2, 0.25) is 0 Å². The van der Waals surface area contributed by atoms with Crippen LogP contribution in [0.5, 0.6) is 0 Å². The topological polar surface area (TPSA) is 72.9 Å². The van der Waals surface area contributed by atoms with Gasteiger partial charge >= 0.3 is 0 Å². The second kappa shape index (κ2) is 4.06. The van der Waals surface area contributed by atoms with E-state index in [1.807, 2.05) is 30.3 Å². The Labute approximate surface area is 92.5 Å². The van der Waals surface area contributed by atoms with Crippen molar-refractivity contribution in [1.29, 1.82) is 0 Å². The first-order chi connectivity index (χ1) is 7.68. The Hall–Kier alpha value is -2.30. The third kappa shape index (κ3) is 1.88. The first-order valence-electron chi connectivity index (χ1n) is 4.84. The SMILES string of the molecule is Cc1cnc(Nc2ccccc2)n(N)c1=O. The molecule has 16 heavy (non-hydrogen) atoms. The molecule has 0 aliphatic rings. The average Bonchev–Trinajstić information content (AvgIpc) is 2.31. The summed E-state index contributed by atoms with van der Waals surface area (Å²) in [5.41, 5.74) is 1.09. The number of aromatic nitrogens is 2. The standard InChI is InChI=1S/C11H12N4O/c1-8-7-13-11(15(12)10(8)16)14-9-5-3-2-4-6-9/h2-7H,12H2,1H3,(H,13,14). The molecule has 0 spiro atoms. The molecule has 1 heterocycles. The Bertz CT molecular complexity index is 548. The van der Waals surface area contributed by atoms with Gasteiger partial charge in [0.1, 0.15) is 0 Å². The Kier molecular flexibility index (Phi) is 2.59. The van der Waals surface area contributed by atoms with Crippen molar-refractivity contribution in [2.45, 2.75) is 6.92 Å². The van der Waals surface area contributed by atoms with Crippen molar-refractivity contribution in [2.24, 2.45) is 0 Å². The summed E-state index contributed by atoms with van der Waals surface area (Å²) in [6.45, 7) is 1.67. The highest BCUT2D eigenvalue weighted by Gasteiger charge is 2.04. The Balaban J connectivity index is 2.37. The third-order valence-electron chi connectivity index (χ3n) is 2.19. The van der Waals surface area contributed by atoms with Gasteiger partial charge in [-0.2, -0.15) is 4.68 Å². The van der Waals surface area contributed by atoms with Gasteiger partial charge in [0.25, 0.3) is 5.56 Å². The predicted molar refractivity (Wildman–Crippen MR) is 63.1 cm³/mol. The molecule has 0 amide bonds. The van der Waals surface area contributed by atoms with Crippen LogP contribution in [0, 0.1) is 6.92 Å². The summed E-state index contributed by atoms with van der Waals surface area (Å²) in [5, 5.41) is 2.97. The van der Waals surface area contributed by atoms with E-state index in [0.717, 1.165) is 10.4 Å². The first kappa shape index (κ1) is 10.2. The highest BCUT2D eigenvalue weighted by molar-refractivity contribution is 5.52. The van der Waals surface area contributed by atoms with Crippen LogP contribution in [0.3, 0.4) is 0 Å². The maximum absolute atomic E-state index is 11.5. The number of hydrogen-bond donors (Lipinski definition) is 2. The van der Waals surface area contributed by atoms with Gasteiger partial charge in [-0.05, 0) is 19.1 Å². The van der Waals surface area contributed by atoms with E-state index >= 15 is 0 Å². The number of para-hydroxylation sites is 1. The molecule has 0 saturated carbocycles. The largest absolute Gasteiger partial charge is 0.333 e. The Morgan fingerprint density at radius 2 is 2.00 bits per heavy atom. The van der Waals surface area contributed by atoms with Crippen molar-refractivity contribution in [2.75, 3.05) is 11.2 Å². The summed E-state index contributed by atoms with van der Waals surface area (Å²) in [5.74, 6) is 5.93.